The summed E-state index contributed by atoms with van der Waals surface area (Å²) in [4.78, 5) is 1.43. The van der Waals surface area contributed by atoms with Gasteiger partial charge in [-0.25, -0.2) is 0 Å². The third-order valence-corrected chi connectivity index (χ3v) is 4.47. The van der Waals surface area contributed by atoms with E-state index in [2.05, 4.69) is 32.2 Å². The highest BCUT2D eigenvalue weighted by molar-refractivity contribution is 7.16. The molecule has 1 unspecified atom stereocenters. The van der Waals surface area contributed by atoms with Gasteiger partial charge < -0.3 is 5.32 Å². The number of rotatable bonds is 7. The standard InChI is InChI=1S/C13H22ClNS/c1-4-15-8-7-10(2)5-6-12-9-11(3)13(14)16-12/h9-10,15H,4-8H2,1-3H3. The molecule has 1 N–H and O–H groups in total. The van der Waals surface area contributed by atoms with Crippen LogP contribution in [-0.4, -0.2) is 13.1 Å². The molecule has 0 aliphatic heterocycles. The highest BCUT2D eigenvalue weighted by Crippen LogP contribution is 2.28. The third kappa shape index (κ3) is 4.86. The summed E-state index contributed by atoms with van der Waals surface area (Å²) < 4.78 is 0.954. The fourth-order valence-corrected chi connectivity index (χ4v) is 2.96. The molecule has 0 saturated heterocycles. The van der Waals surface area contributed by atoms with Crippen LogP contribution in [0.1, 0.15) is 37.1 Å². The van der Waals surface area contributed by atoms with Crippen molar-refractivity contribution in [1.29, 1.82) is 0 Å². The molecule has 1 rings (SSSR count). The van der Waals surface area contributed by atoms with Crippen LogP contribution in [-0.2, 0) is 6.42 Å². The summed E-state index contributed by atoms with van der Waals surface area (Å²) in [5.74, 6) is 0.792. The summed E-state index contributed by atoms with van der Waals surface area (Å²) in [6.07, 6.45) is 3.71. The van der Waals surface area contributed by atoms with Gasteiger partial charge in [0.05, 0.1) is 4.34 Å². The second-order valence-corrected chi connectivity index (χ2v) is 6.19. The first-order chi connectivity index (χ1) is 7.63. The number of halogens is 1. The molecular formula is C13H22ClNS. The maximum atomic E-state index is 6.06. The average molecular weight is 260 g/mol. The summed E-state index contributed by atoms with van der Waals surface area (Å²) in [6.45, 7) is 8.78. The predicted molar refractivity (Wildman–Crippen MR) is 74.7 cm³/mol. The van der Waals surface area contributed by atoms with E-state index in [0.29, 0.717) is 0 Å². The largest absolute Gasteiger partial charge is 0.317 e. The van der Waals surface area contributed by atoms with Crippen molar-refractivity contribution in [2.75, 3.05) is 13.1 Å². The molecule has 0 bridgehead atoms. The summed E-state index contributed by atoms with van der Waals surface area (Å²) in [7, 11) is 0. The minimum Gasteiger partial charge on any atom is -0.317 e. The lowest BCUT2D eigenvalue weighted by Gasteiger charge is -2.10. The van der Waals surface area contributed by atoms with E-state index in [-0.39, 0.29) is 0 Å². The zero-order chi connectivity index (χ0) is 12.0. The molecule has 0 spiro atoms. The SMILES string of the molecule is CCNCCC(C)CCc1cc(C)c(Cl)s1. The lowest BCUT2D eigenvalue weighted by atomic mass is 10.0. The second-order valence-electron chi connectivity index (χ2n) is 4.46. The fraction of sp³-hybridized carbons (Fsp3) is 0.692. The average Bonchev–Trinajstić information content (AvgIpc) is 2.56. The Kier molecular flexibility index (Phi) is 6.40. The van der Waals surface area contributed by atoms with Gasteiger partial charge in [0, 0.05) is 4.88 Å². The molecule has 1 aromatic heterocycles. The van der Waals surface area contributed by atoms with Crippen LogP contribution in [0.25, 0.3) is 0 Å². The van der Waals surface area contributed by atoms with Gasteiger partial charge >= 0.3 is 0 Å². The minimum absolute atomic E-state index is 0.792. The van der Waals surface area contributed by atoms with Crippen LogP contribution in [0.2, 0.25) is 4.34 Å². The van der Waals surface area contributed by atoms with Crippen LogP contribution in [0.3, 0.4) is 0 Å². The van der Waals surface area contributed by atoms with Crippen LogP contribution < -0.4 is 5.32 Å². The third-order valence-electron chi connectivity index (χ3n) is 2.86. The number of nitrogens with one attached hydrogen (secondary N) is 1. The summed E-state index contributed by atoms with van der Waals surface area (Å²) >= 11 is 7.79. The maximum Gasteiger partial charge on any atom is 0.0960 e. The van der Waals surface area contributed by atoms with Crippen LogP contribution >= 0.6 is 22.9 Å². The van der Waals surface area contributed by atoms with E-state index in [4.69, 9.17) is 11.6 Å². The molecule has 0 radical (unpaired) electrons. The molecule has 1 aromatic rings. The van der Waals surface area contributed by atoms with Gasteiger partial charge in [0.1, 0.15) is 0 Å². The zero-order valence-electron chi connectivity index (χ0n) is 10.5. The predicted octanol–water partition coefficient (Wildman–Crippen LogP) is 4.28. The topological polar surface area (TPSA) is 12.0 Å². The van der Waals surface area contributed by atoms with Gasteiger partial charge in [-0.1, -0.05) is 25.4 Å². The van der Waals surface area contributed by atoms with Crippen LogP contribution in [0.4, 0.5) is 0 Å². The van der Waals surface area contributed by atoms with E-state index in [0.717, 1.165) is 23.3 Å². The molecule has 3 heteroatoms. The first-order valence-corrected chi connectivity index (χ1v) is 7.28. The molecular weight excluding hydrogens is 238 g/mol. The van der Waals surface area contributed by atoms with Crippen molar-refractivity contribution in [3.63, 3.8) is 0 Å². The van der Waals surface area contributed by atoms with Crippen LogP contribution in [0.15, 0.2) is 6.07 Å². The van der Waals surface area contributed by atoms with Crippen molar-refractivity contribution in [3.8, 4) is 0 Å². The molecule has 92 valence electrons. The van der Waals surface area contributed by atoms with Crippen molar-refractivity contribution < 1.29 is 0 Å². The van der Waals surface area contributed by atoms with E-state index >= 15 is 0 Å². The smallest absolute Gasteiger partial charge is 0.0960 e. The monoisotopic (exact) mass is 259 g/mol. The molecule has 1 nitrogen and oxygen atoms in total. The van der Waals surface area contributed by atoms with E-state index in [1.807, 2.05) is 0 Å². The molecule has 0 aliphatic carbocycles. The summed E-state index contributed by atoms with van der Waals surface area (Å²) in [5.41, 5.74) is 1.22. The van der Waals surface area contributed by atoms with E-state index in [9.17, 15) is 0 Å². The summed E-state index contributed by atoms with van der Waals surface area (Å²) in [5, 5.41) is 3.37. The summed E-state index contributed by atoms with van der Waals surface area (Å²) in [6, 6.07) is 2.23. The van der Waals surface area contributed by atoms with Crippen molar-refractivity contribution in [3.05, 3.63) is 20.8 Å². The lowest BCUT2D eigenvalue weighted by molar-refractivity contribution is 0.475. The van der Waals surface area contributed by atoms with Gasteiger partial charge in [-0.05, 0) is 56.8 Å². The van der Waals surface area contributed by atoms with Gasteiger partial charge in [0.2, 0.25) is 0 Å². The van der Waals surface area contributed by atoms with E-state index in [1.54, 1.807) is 11.3 Å². The number of aryl methyl sites for hydroxylation is 2. The van der Waals surface area contributed by atoms with Gasteiger partial charge in [-0.2, -0.15) is 0 Å². The van der Waals surface area contributed by atoms with Gasteiger partial charge in [0.15, 0.2) is 0 Å². The molecule has 0 aromatic carbocycles. The van der Waals surface area contributed by atoms with Crippen molar-refractivity contribution in [2.45, 2.75) is 40.0 Å². The molecule has 1 heterocycles. The second kappa shape index (κ2) is 7.31. The molecule has 16 heavy (non-hydrogen) atoms. The molecule has 1 atom stereocenters. The highest BCUT2D eigenvalue weighted by Gasteiger charge is 2.06. The molecule has 0 fully saturated rings. The van der Waals surface area contributed by atoms with Crippen molar-refractivity contribution >= 4 is 22.9 Å². The first-order valence-electron chi connectivity index (χ1n) is 6.09. The Morgan fingerprint density at radius 3 is 2.75 bits per heavy atom. The Hall–Kier alpha value is -0.0500. The van der Waals surface area contributed by atoms with Crippen molar-refractivity contribution in [2.24, 2.45) is 5.92 Å². The van der Waals surface area contributed by atoms with Gasteiger partial charge in [-0.15, -0.1) is 11.3 Å². The Morgan fingerprint density at radius 1 is 1.44 bits per heavy atom. The molecule has 0 amide bonds. The Balaban J connectivity index is 2.23. The van der Waals surface area contributed by atoms with Gasteiger partial charge in [-0.3, -0.25) is 0 Å². The Morgan fingerprint density at radius 2 is 2.19 bits per heavy atom. The normalized spacial score (nSPS) is 13.0. The highest BCUT2D eigenvalue weighted by atomic mass is 35.5. The quantitative estimate of drug-likeness (QED) is 0.721. The molecule has 0 saturated carbocycles. The zero-order valence-corrected chi connectivity index (χ0v) is 12.0. The van der Waals surface area contributed by atoms with E-state index < -0.39 is 0 Å². The van der Waals surface area contributed by atoms with Crippen molar-refractivity contribution in [1.82, 2.24) is 5.32 Å². The van der Waals surface area contributed by atoms with Crippen LogP contribution in [0.5, 0.6) is 0 Å². The molecule has 0 aliphatic rings. The number of hydrogen-bond donors (Lipinski definition) is 1. The maximum absolute atomic E-state index is 6.06. The minimum atomic E-state index is 0.792. The number of hydrogen-bond acceptors (Lipinski definition) is 2. The van der Waals surface area contributed by atoms with Gasteiger partial charge in [0.25, 0.3) is 0 Å². The van der Waals surface area contributed by atoms with Crippen LogP contribution in [0, 0.1) is 12.8 Å². The number of thiophene rings is 1. The first kappa shape index (κ1) is 14.0. The fourth-order valence-electron chi connectivity index (χ4n) is 1.70. The Bertz CT molecular complexity index is 289. The lowest BCUT2D eigenvalue weighted by Crippen LogP contribution is -2.16. The van der Waals surface area contributed by atoms with E-state index in [1.165, 1.54) is 29.7 Å². The Labute approximate surface area is 108 Å².